The molecule has 1 aliphatic carbocycles. The number of nitrogens with zero attached hydrogens (tertiary/aromatic N) is 3. The summed E-state index contributed by atoms with van der Waals surface area (Å²) >= 11 is 1.45. The number of carbonyl (C=O) groups excluding carboxylic acids is 2. The van der Waals surface area contributed by atoms with Crippen LogP contribution in [0.1, 0.15) is 50.5 Å². The molecule has 1 aliphatic heterocycles. The van der Waals surface area contributed by atoms with Gasteiger partial charge in [-0.3, -0.25) is 9.59 Å². The van der Waals surface area contributed by atoms with E-state index in [1.54, 1.807) is 4.90 Å². The number of nitrogens with one attached hydrogen (secondary N) is 1. The van der Waals surface area contributed by atoms with Gasteiger partial charge in [0.15, 0.2) is 0 Å². The van der Waals surface area contributed by atoms with E-state index in [1.165, 1.54) is 24.2 Å². The molecule has 6 nitrogen and oxygen atoms in total. The Morgan fingerprint density at radius 1 is 1.41 bits per heavy atom. The maximum atomic E-state index is 12.3. The van der Waals surface area contributed by atoms with Crippen LogP contribution in [0.15, 0.2) is 0 Å². The molecule has 120 valence electrons. The second-order valence-corrected chi connectivity index (χ2v) is 7.64. The lowest BCUT2D eigenvalue weighted by molar-refractivity contribution is -0.128. The number of amides is 2. The summed E-state index contributed by atoms with van der Waals surface area (Å²) in [7, 11) is 0. The Labute approximate surface area is 134 Å². The van der Waals surface area contributed by atoms with Crippen molar-refractivity contribution in [1.82, 2.24) is 15.1 Å². The molecule has 22 heavy (non-hydrogen) atoms. The first-order chi connectivity index (χ1) is 10.5. The fourth-order valence-corrected chi connectivity index (χ4v) is 3.48. The van der Waals surface area contributed by atoms with E-state index in [4.69, 9.17) is 0 Å². The highest BCUT2D eigenvalue weighted by molar-refractivity contribution is 7.15. The Hall–Kier alpha value is -1.50. The Balaban J connectivity index is 1.52. The second-order valence-electron chi connectivity index (χ2n) is 6.63. The van der Waals surface area contributed by atoms with Crippen molar-refractivity contribution in [3.63, 3.8) is 0 Å². The highest BCUT2D eigenvalue weighted by atomic mass is 32.1. The van der Waals surface area contributed by atoms with Gasteiger partial charge in [-0.05, 0) is 25.2 Å². The zero-order chi connectivity index (χ0) is 15.7. The molecule has 2 heterocycles. The SMILES string of the molecule is CC(C)CCN1C[C@H](C(=O)Nc2nnc(C3CC3)s2)CC1=O. The summed E-state index contributed by atoms with van der Waals surface area (Å²) in [5.74, 6) is 0.800. The molecule has 1 saturated heterocycles. The third-order valence-corrected chi connectivity index (χ3v) is 5.16. The lowest BCUT2D eigenvalue weighted by Gasteiger charge is -2.17. The number of likely N-dealkylation sites (tertiary alicyclic amines) is 1. The maximum absolute atomic E-state index is 12.3. The summed E-state index contributed by atoms with van der Waals surface area (Å²) < 4.78 is 0. The number of anilines is 1. The Bertz CT molecular complexity index is 568. The van der Waals surface area contributed by atoms with Crippen molar-refractivity contribution < 1.29 is 9.59 Å². The van der Waals surface area contributed by atoms with Gasteiger partial charge in [0.1, 0.15) is 5.01 Å². The molecular weight excluding hydrogens is 300 g/mol. The van der Waals surface area contributed by atoms with Crippen LogP contribution in [0.5, 0.6) is 0 Å². The van der Waals surface area contributed by atoms with E-state index < -0.39 is 0 Å². The van der Waals surface area contributed by atoms with E-state index in [1.807, 2.05) is 0 Å². The topological polar surface area (TPSA) is 75.2 Å². The van der Waals surface area contributed by atoms with E-state index in [9.17, 15) is 9.59 Å². The van der Waals surface area contributed by atoms with Gasteiger partial charge in [-0.15, -0.1) is 10.2 Å². The molecule has 1 saturated carbocycles. The van der Waals surface area contributed by atoms with Crippen molar-refractivity contribution in [3.8, 4) is 0 Å². The molecule has 0 aromatic carbocycles. The predicted molar refractivity (Wildman–Crippen MR) is 84.7 cm³/mol. The summed E-state index contributed by atoms with van der Waals surface area (Å²) in [5.41, 5.74) is 0. The van der Waals surface area contributed by atoms with Crippen molar-refractivity contribution in [2.75, 3.05) is 18.4 Å². The molecule has 1 atom stereocenters. The van der Waals surface area contributed by atoms with E-state index in [0.717, 1.165) is 18.0 Å². The maximum Gasteiger partial charge on any atom is 0.231 e. The van der Waals surface area contributed by atoms with Crippen molar-refractivity contribution in [2.45, 2.75) is 45.4 Å². The van der Waals surface area contributed by atoms with Crippen molar-refractivity contribution in [2.24, 2.45) is 11.8 Å². The summed E-state index contributed by atoms with van der Waals surface area (Å²) in [4.78, 5) is 26.1. The normalized spacial score (nSPS) is 21.7. The standard InChI is InChI=1S/C15H22N4O2S/c1-9(2)5-6-19-8-11(7-12(19)20)13(21)16-15-18-17-14(22-15)10-3-4-10/h9-11H,3-8H2,1-2H3,(H,16,18,21)/t11-/m1/s1. The first-order valence-corrected chi connectivity index (χ1v) is 8.76. The third-order valence-electron chi connectivity index (χ3n) is 4.16. The molecule has 7 heteroatoms. The van der Waals surface area contributed by atoms with Crippen molar-refractivity contribution >= 4 is 28.3 Å². The average molecular weight is 322 g/mol. The van der Waals surface area contributed by atoms with Crippen LogP contribution >= 0.6 is 11.3 Å². The second kappa shape index (κ2) is 6.32. The van der Waals surface area contributed by atoms with Gasteiger partial charge in [0.2, 0.25) is 16.9 Å². The van der Waals surface area contributed by atoms with Crippen LogP contribution in [-0.2, 0) is 9.59 Å². The van der Waals surface area contributed by atoms with Gasteiger partial charge in [0.05, 0.1) is 5.92 Å². The zero-order valence-corrected chi connectivity index (χ0v) is 13.9. The number of hydrogen-bond donors (Lipinski definition) is 1. The number of aromatic nitrogens is 2. The first kappa shape index (κ1) is 15.4. The highest BCUT2D eigenvalue weighted by Gasteiger charge is 2.35. The predicted octanol–water partition coefficient (Wildman–Crippen LogP) is 2.25. The van der Waals surface area contributed by atoms with Crippen LogP contribution in [-0.4, -0.2) is 40.0 Å². The lowest BCUT2D eigenvalue weighted by Crippen LogP contribution is -2.29. The molecule has 2 fully saturated rings. The number of carbonyl (C=O) groups is 2. The Morgan fingerprint density at radius 2 is 2.18 bits per heavy atom. The molecule has 0 radical (unpaired) electrons. The van der Waals surface area contributed by atoms with E-state index in [2.05, 4.69) is 29.4 Å². The van der Waals surface area contributed by atoms with Crippen LogP contribution in [0.25, 0.3) is 0 Å². The zero-order valence-electron chi connectivity index (χ0n) is 13.0. The van der Waals surface area contributed by atoms with Gasteiger partial charge >= 0.3 is 0 Å². The third kappa shape index (κ3) is 3.63. The Morgan fingerprint density at radius 3 is 2.86 bits per heavy atom. The van der Waals surface area contributed by atoms with E-state index in [0.29, 0.717) is 29.9 Å². The summed E-state index contributed by atoms with van der Waals surface area (Å²) in [6.07, 6.45) is 3.62. The molecule has 1 N–H and O–H groups in total. The molecule has 2 amide bonds. The fourth-order valence-electron chi connectivity index (χ4n) is 2.57. The van der Waals surface area contributed by atoms with Gasteiger partial charge in [-0.25, -0.2) is 0 Å². The van der Waals surface area contributed by atoms with Gasteiger partial charge in [0.25, 0.3) is 0 Å². The van der Waals surface area contributed by atoms with Crippen LogP contribution in [0.2, 0.25) is 0 Å². The summed E-state index contributed by atoms with van der Waals surface area (Å²) in [6, 6.07) is 0. The lowest BCUT2D eigenvalue weighted by atomic mass is 10.1. The fraction of sp³-hybridized carbons (Fsp3) is 0.733. The summed E-state index contributed by atoms with van der Waals surface area (Å²) in [5, 5.41) is 12.5. The molecule has 1 aromatic heterocycles. The number of rotatable bonds is 6. The first-order valence-electron chi connectivity index (χ1n) is 7.95. The minimum absolute atomic E-state index is 0.0803. The number of hydrogen-bond acceptors (Lipinski definition) is 5. The largest absolute Gasteiger partial charge is 0.342 e. The molecule has 3 rings (SSSR count). The van der Waals surface area contributed by atoms with Crippen LogP contribution in [0, 0.1) is 11.8 Å². The van der Waals surface area contributed by atoms with Gasteiger partial charge in [-0.1, -0.05) is 25.2 Å². The Kier molecular flexibility index (Phi) is 4.42. The van der Waals surface area contributed by atoms with Crippen LogP contribution in [0.4, 0.5) is 5.13 Å². The van der Waals surface area contributed by atoms with Crippen molar-refractivity contribution in [3.05, 3.63) is 5.01 Å². The molecule has 2 aliphatic rings. The highest BCUT2D eigenvalue weighted by Crippen LogP contribution is 2.42. The quantitative estimate of drug-likeness (QED) is 0.871. The van der Waals surface area contributed by atoms with Crippen LogP contribution in [0.3, 0.4) is 0 Å². The minimum Gasteiger partial charge on any atom is -0.342 e. The van der Waals surface area contributed by atoms with E-state index >= 15 is 0 Å². The monoisotopic (exact) mass is 322 g/mol. The smallest absolute Gasteiger partial charge is 0.231 e. The minimum atomic E-state index is -0.270. The summed E-state index contributed by atoms with van der Waals surface area (Å²) in [6.45, 7) is 5.53. The molecule has 1 aromatic rings. The molecular formula is C15H22N4O2S. The van der Waals surface area contributed by atoms with Gasteiger partial charge in [0, 0.05) is 25.4 Å². The molecule has 0 bridgehead atoms. The molecule has 0 spiro atoms. The van der Waals surface area contributed by atoms with Crippen LogP contribution < -0.4 is 5.32 Å². The van der Waals surface area contributed by atoms with Crippen molar-refractivity contribution in [1.29, 1.82) is 0 Å². The van der Waals surface area contributed by atoms with E-state index in [-0.39, 0.29) is 17.7 Å². The van der Waals surface area contributed by atoms with Gasteiger partial charge in [-0.2, -0.15) is 0 Å². The average Bonchev–Trinajstić information content (AvgIpc) is 3.10. The van der Waals surface area contributed by atoms with Gasteiger partial charge < -0.3 is 10.2 Å². The molecule has 0 unspecified atom stereocenters.